The highest BCUT2D eigenvalue weighted by Gasteiger charge is 2.15. The highest BCUT2D eigenvalue weighted by molar-refractivity contribution is 4.39. The maximum absolute atomic E-state index is 8.68. The van der Waals surface area contributed by atoms with E-state index >= 15 is 0 Å². The fraction of sp³-hybridized carbons (Fsp3) is 1.00. The van der Waals surface area contributed by atoms with Crippen LogP contribution in [0.15, 0.2) is 0 Å². The van der Waals surface area contributed by atoms with Gasteiger partial charge in [-0.25, -0.2) is 0 Å². The Bertz CT molecular complexity index is 286. The molecule has 0 atom stereocenters. The summed E-state index contributed by atoms with van der Waals surface area (Å²) in [6, 6.07) is 0. The molecule has 0 bridgehead atoms. The normalized spacial score (nSPS) is 12.7. The maximum atomic E-state index is 8.68. The van der Waals surface area contributed by atoms with Crippen molar-refractivity contribution in [2.45, 2.75) is 0 Å². The van der Waals surface area contributed by atoms with Gasteiger partial charge in [0.1, 0.15) is 26.2 Å². The van der Waals surface area contributed by atoms with Gasteiger partial charge >= 0.3 is 0 Å². The molecule has 26 heavy (non-hydrogen) atoms. The van der Waals surface area contributed by atoms with Crippen molar-refractivity contribution in [3.63, 3.8) is 0 Å². The molecular formula is C18H42N2O6+2. The number of likely N-dealkylation sites (N-methyl/N-ethyl adjacent to an activating group) is 2. The van der Waals surface area contributed by atoms with Gasteiger partial charge in [0, 0.05) is 0 Å². The molecule has 8 heteroatoms. The van der Waals surface area contributed by atoms with E-state index in [0.29, 0.717) is 52.9 Å². The molecule has 0 unspecified atom stereocenters. The summed E-state index contributed by atoms with van der Waals surface area (Å²) in [6.07, 6.45) is 0. The Balaban J connectivity index is 3.51. The summed E-state index contributed by atoms with van der Waals surface area (Å²) in [4.78, 5) is 0. The Hall–Kier alpha value is -0.320. The minimum atomic E-state index is 0.0735. The fourth-order valence-electron chi connectivity index (χ4n) is 2.13. The smallest absolute Gasteiger partial charge is 0.102 e. The first-order valence-corrected chi connectivity index (χ1v) is 9.50. The van der Waals surface area contributed by atoms with Crippen LogP contribution in [0.25, 0.3) is 0 Å². The van der Waals surface area contributed by atoms with Crippen molar-refractivity contribution in [1.29, 1.82) is 0 Å². The topological polar surface area (TPSA) is 77.4 Å². The van der Waals surface area contributed by atoms with E-state index in [1.54, 1.807) is 0 Å². The quantitative estimate of drug-likeness (QED) is 0.225. The minimum absolute atomic E-state index is 0.0735. The van der Waals surface area contributed by atoms with Crippen LogP contribution < -0.4 is 0 Å². The van der Waals surface area contributed by atoms with Crippen LogP contribution in [0.3, 0.4) is 0 Å². The lowest BCUT2D eigenvalue weighted by molar-refractivity contribution is -0.891. The van der Waals surface area contributed by atoms with E-state index in [9.17, 15) is 0 Å². The second kappa shape index (κ2) is 15.7. The van der Waals surface area contributed by atoms with Gasteiger partial charge in [0.15, 0.2) is 0 Å². The lowest BCUT2D eigenvalue weighted by atomic mass is 10.4. The highest BCUT2D eigenvalue weighted by atomic mass is 16.5. The Labute approximate surface area is 159 Å². The Kier molecular flexibility index (Phi) is 15.5. The molecule has 2 N–H and O–H groups in total. The highest BCUT2D eigenvalue weighted by Crippen LogP contribution is 1.98. The average Bonchev–Trinajstić information content (AvgIpc) is 2.58. The number of nitrogens with zero attached hydrogens (tertiary/aromatic N) is 2. The van der Waals surface area contributed by atoms with Gasteiger partial charge in [0.2, 0.25) is 0 Å². The minimum Gasteiger partial charge on any atom is -0.394 e. The molecule has 0 spiro atoms. The monoisotopic (exact) mass is 382 g/mol. The van der Waals surface area contributed by atoms with Crippen LogP contribution in [0.5, 0.6) is 0 Å². The molecule has 0 fully saturated rings. The standard InChI is InChI=1S/C18H42N2O6/c1-19(2,5-11-23-15-9-21)7-13-25-17-18-26-14-8-20(3,4)6-12-24-16-10-22/h21-22H,5-18H2,1-4H3/q+2. The van der Waals surface area contributed by atoms with Gasteiger partial charge in [0.05, 0.1) is 94.3 Å². The summed E-state index contributed by atoms with van der Waals surface area (Å²) in [5, 5.41) is 17.4. The second-order valence-corrected chi connectivity index (χ2v) is 7.66. The van der Waals surface area contributed by atoms with Crippen molar-refractivity contribution >= 4 is 0 Å². The van der Waals surface area contributed by atoms with E-state index in [0.717, 1.165) is 35.1 Å². The molecule has 0 aliphatic carbocycles. The number of quaternary nitrogens is 2. The third-order valence-electron chi connectivity index (χ3n) is 4.21. The van der Waals surface area contributed by atoms with E-state index in [2.05, 4.69) is 28.2 Å². The molecule has 0 rings (SSSR count). The number of hydrogen-bond acceptors (Lipinski definition) is 6. The first-order valence-electron chi connectivity index (χ1n) is 9.50. The van der Waals surface area contributed by atoms with Gasteiger partial charge in [0.25, 0.3) is 0 Å². The van der Waals surface area contributed by atoms with E-state index in [4.69, 9.17) is 29.2 Å². The third-order valence-corrected chi connectivity index (χ3v) is 4.21. The van der Waals surface area contributed by atoms with Crippen molar-refractivity contribution in [2.75, 3.05) is 120 Å². The van der Waals surface area contributed by atoms with E-state index in [1.807, 2.05) is 0 Å². The van der Waals surface area contributed by atoms with Crippen molar-refractivity contribution in [3.05, 3.63) is 0 Å². The molecule has 0 radical (unpaired) electrons. The van der Waals surface area contributed by atoms with Crippen LogP contribution in [-0.2, 0) is 18.9 Å². The van der Waals surface area contributed by atoms with E-state index < -0.39 is 0 Å². The predicted octanol–water partition coefficient (Wildman–Crippen LogP) is -0.810. The zero-order valence-corrected chi connectivity index (χ0v) is 17.3. The molecule has 0 aliphatic rings. The number of ether oxygens (including phenoxy) is 4. The number of rotatable bonds is 19. The number of hydrogen-bond donors (Lipinski definition) is 2. The Morgan fingerprint density at radius 1 is 0.462 bits per heavy atom. The van der Waals surface area contributed by atoms with Gasteiger partial charge in [-0.1, -0.05) is 0 Å². The predicted molar refractivity (Wildman–Crippen MR) is 101 cm³/mol. The third kappa shape index (κ3) is 17.1. The molecule has 0 aromatic carbocycles. The molecule has 8 nitrogen and oxygen atoms in total. The van der Waals surface area contributed by atoms with Gasteiger partial charge in [-0.2, -0.15) is 0 Å². The number of aliphatic hydroxyl groups excluding tert-OH is 2. The molecular weight excluding hydrogens is 340 g/mol. The lowest BCUT2D eigenvalue weighted by Crippen LogP contribution is -2.45. The van der Waals surface area contributed by atoms with Crippen LogP contribution in [0.1, 0.15) is 0 Å². The summed E-state index contributed by atoms with van der Waals surface area (Å²) >= 11 is 0. The molecule has 0 saturated heterocycles. The molecule has 0 aromatic heterocycles. The van der Waals surface area contributed by atoms with Crippen molar-refractivity contribution in [1.82, 2.24) is 0 Å². The molecule has 0 saturated carbocycles. The van der Waals surface area contributed by atoms with Gasteiger partial charge in [-0.15, -0.1) is 0 Å². The summed E-state index contributed by atoms with van der Waals surface area (Å²) in [5.74, 6) is 0. The summed E-state index contributed by atoms with van der Waals surface area (Å²) < 4.78 is 23.6. The maximum Gasteiger partial charge on any atom is 0.102 e. The first-order chi connectivity index (χ1) is 12.3. The second-order valence-electron chi connectivity index (χ2n) is 7.66. The van der Waals surface area contributed by atoms with Crippen LogP contribution in [-0.4, -0.2) is 140 Å². The lowest BCUT2D eigenvalue weighted by Gasteiger charge is -2.30. The number of aliphatic hydroxyl groups is 2. The summed E-state index contributed by atoms with van der Waals surface area (Å²) in [5.41, 5.74) is 0. The van der Waals surface area contributed by atoms with Gasteiger partial charge < -0.3 is 38.1 Å². The van der Waals surface area contributed by atoms with Crippen LogP contribution in [0, 0.1) is 0 Å². The summed E-state index contributed by atoms with van der Waals surface area (Å²) in [7, 11) is 8.58. The van der Waals surface area contributed by atoms with E-state index in [1.165, 1.54) is 0 Å². The fourth-order valence-corrected chi connectivity index (χ4v) is 2.13. The average molecular weight is 383 g/mol. The van der Waals surface area contributed by atoms with Crippen molar-refractivity contribution in [3.8, 4) is 0 Å². The van der Waals surface area contributed by atoms with Gasteiger partial charge in [-0.05, 0) is 0 Å². The zero-order valence-electron chi connectivity index (χ0n) is 17.3. The Morgan fingerprint density at radius 3 is 1.00 bits per heavy atom. The molecule has 0 aromatic rings. The molecule has 0 aliphatic heterocycles. The van der Waals surface area contributed by atoms with Crippen molar-refractivity contribution in [2.24, 2.45) is 0 Å². The van der Waals surface area contributed by atoms with Crippen LogP contribution >= 0.6 is 0 Å². The van der Waals surface area contributed by atoms with E-state index in [-0.39, 0.29) is 13.2 Å². The molecule has 158 valence electrons. The van der Waals surface area contributed by atoms with Crippen LogP contribution in [0.4, 0.5) is 0 Å². The zero-order chi connectivity index (χ0) is 19.7. The Morgan fingerprint density at radius 2 is 0.731 bits per heavy atom. The molecule has 0 heterocycles. The molecule has 0 amide bonds. The van der Waals surface area contributed by atoms with Crippen LogP contribution in [0.2, 0.25) is 0 Å². The first kappa shape index (κ1) is 25.7. The largest absolute Gasteiger partial charge is 0.394 e. The SMILES string of the molecule is C[N+](C)(CCOCCO)CCOCCOCC[N+](C)(C)CCOCCO. The van der Waals surface area contributed by atoms with Crippen molar-refractivity contribution < 1.29 is 38.1 Å². The van der Waals surface area contributed by atoms with Gasteiger partial charge in [-0.3, -0.25) is 0 Å². The summed E-state index contributed by atoms with van der Waals surface area (Å²) in [6.45, 7) is 8.48.